The summed E-state index contributed by atoms with van der Waals surface area (Å²) in [5, 5.41) is 21.3. The number of carbonyl (C=O) groups is 2. The molecule has 2 aromatic rings. The summed E-state index contributed by atoms with van der Waals surface area (Å²) < 4.78 is 28.4. The van der Waals surface area contributed by atoms with Gasteiger partial charge in [-0.15, -0.1) is 0 Å². The minimum absolute atomic E-state index is 0.113. The SMILES string of the molecule is O=C(O)CNC(=O)c1c(O)n(Cc2ccc(F)c(F)c2)c(=O)n(C2CCCCC2)c1=O. The molecule has 1 heterocycles. The Hall–Kier alpha value is -3.50. The van der Waals surface area contributed by atoms with Gasteiger partial charge >= 0.3 is 11.7 Å². The number of hydrogen-bond acceptors (Lipinski definition) is 5. The number of nitrogens with one attached hydrogen (secondary N) is 1. The first-order chi connectivity index (χ1) is 14.7. The monoisotopic (exact) mass is 437 g/mol. The number of halogens is 2. The molecule has 166 valence electrons. The van der Waals surface area contributed by atoms with Crippen LogP contribution in [-0.4, -0.2) is 37.8 Å². The maximum Gasteiger partial charge on any atom is 0.334 e. The molecule has 0 bridgehead atoms. The molecule has 9 nitrogen and oxygen atoms in total. The number of rotatable bonds is 6. The number of amides is 1. The summed E-state index contributed by atoms with van der Waals surface area (Å²) in [6.45, 7) is -1.24. The van der Waals surface area contributed by atoms with Crippen molar-refractivity contribution in [2.75, 3.05) is 6.54 Å². The Kier molecular flexibility index (Phi) is 6.52. The first-order valence-electron chi connectivity index (χ1n) is 9.73. The summed E-state index contributed by atoms with van der Waals surface area (Å²) >= 11 is 0. The predicted octanol–water partition coefficient (Wildman–Crippen LogP) is 1.36. The molecule has 0 spiro atoms. The number of carbonyl (C=O) groups excluding carboxylic acids is 1. The van der Waals surface area contributed by atoms with E-state index in [1.165, 1.54) is 6.07 Å². The molecule has 31 heavy (non-hydrogen) atoms. The van der Waals surface area contributed by atoms with Gasteiger partial charge in [0.2, 0.25) is 5.88 Å². The maximum atomic E-state index is 13.6. The molecule has 1 saturated carbocycles. The Balaban J connectivity index is 2.15. The third-order valence-electron chi connectivity index (χ3n) is 5.24. The molecule has 1 aromatic carbocycles. The van der Waals surface area contributed by atoms with Crippen LogP contribution in [0.15, 0.2) is 27.8 Å². The first-order valence-corrected chi connectivity index (χ1v) is 9.73. The molecule has 1 aliphatic rings. The minimum atomic E-state index is -1.37. The molecule has 1 aliphatic carbocycles. The standard InChI is InChI=1S/C20H21F2N3O6/c21-13-7-6-11(8-14(13)22)10-24-18(29)16(17(28)23-9-15(26)27)19(30)25(20(24)31)12-4-2-1-3-5-12/h6-8,12,29H,1-5,9-10H2,(H,23,28)(H,26,27). The van der Waals surface area contributed by atoms with Gasteiger partial charge in [-0.25, -0.2) is 13.6 Å². The minimum Gasteiger partial charge on any atom is -0.494 e. The van der Waals surface area contributed by atoms with Gasteiger partial charge in [-0.05, 0) is 30.5 Å². The Morgan fingerprint density at radius 1 is 1.10 bits per heavy atom. The molecule has 1 aromatic heterocycles. The van der Waals surface area contributed by atoms with Crippen molar-refractivity contribution in [3.05, 3.63) is 61.8 Å². The summed E-state index contributed by atoms with van der Waals surface area (Å²) in [6.07, 6.45) is 3.49. The molecule has 0 unspecified atom stereocenters. The van der Waals surface area contributed by atoms with Gasteiger partial charge in [0.1, 0.15) is 6.54 Å². The molecule has 0 aliphatic heterocycles. The average Bonchev–Trinajstić information content (AvgIpc) is 2.73. The Labute approximate surface area is 174 Å². The van der Waals surface area contributed by atoms with Crippen LogP contribution in [0.25, 0.3) is 0 Å². The van der Waals surface area contributed by atoms with Crippen molar-refractivity contribution in [3.63, 3.8) is 0 Å². The lowest BCUT2D eigenvalue weighted by Crippen LogP contribution is -2.47. The van der Waals surface area contributed by atoms with Gasteiger partial charge in [0.05, 0.1) is 6.54 Å². The Bertz CT molecular complexity index is 1130. The van der Waals surface area contributed by atoms with E-state index < -0.39 is 65.3 Å². The number of nitrogens with zero attached hydrogens (tertiary/aromatic N) is 2. The van der Waals surface area contributed by atoms with Crippen LogP contribution in [0.5, 0.6) is 5.88 Å². The van der Waals surface area contributed by atoms with Gasteiger partial charge in [0.15, 0.2) is 17.2 Å². The fourth-order valence-corrected chi connectivity index (χ4v) is 3.73. The van der Waals surface area contributed by atoms with Crippen molar-refractivity contribution in [3.8, 4) is 5.88 Å². The second-order valence-corrected chi connectivity index (χ2v) is 7.36. The molecule has 11 heteroatoms. The van der Waals surface area contributed by atoms with Crippen LogP contribution in [0.1, 0.15) is 54.1 Å². The Morgan fingerprint density at radius 2 is 1.77 bits per heavy atom. The zero-order valence-electron chi connectivity index (χ0n) is 16.4. The van der Waals surface area contributed by atoms with Crippen LogP contribution in [0.3, 0.4) is 0 Å². The number of carboxylic acids is 1. The molecule has 1 amide bonds. The van der Waals surface area contributed by atoms with E-state index in [1.807, 2.05) is 5.32 Å². The summed E-state index contributed by atoms with van der Waals surface area (Å²) in [7, 11) is 0. The average molecular weight is 437 g/mol. The molecule has 0 saturated heterocycles. The second kappa shape index (κ2) is 9.11. The summed E-state index contributed by atoms with van der Waals surface area (Å²) in [5.41, 5.74) is -2.59. The third kappa shape index (κ3) is 4.65. The van der Waals surface area contributed by atoms with Crippen LogP contribution in [0.4, 0.5) is 8.78 Å². The second-order valence-electron chi connectivity index (χ2n) is 7.36. The summed E-state index contributed by atoms with van der Waals surface area (Å²) in [5.74, 6) is -5.76. The van der Waals surface area contributed by atoms with E-state index >= 15 is 0 Å². The molecular formula is C20H21F2N3O6. The highest BCUT2D eigenvalue weighted by Crippen LogP contribution is 2.27. The van der Waals surface area contributed by atoms with Crippen LogP contribution >= 0.6 is 0 Å². The van der Waals surface area contributed by atoms with Crippen LogP contribution in [0.2, 0.25) is 0 Å². The molecule has 0 radical (unpaired) electrons. The van der Waals surface area contributed by atoms with Gasteiger partial charge in [-0.3, -0.25) is 23.5 Å². The molecule has 1 fully saturated rings. The number of aliphatic carboxylic acids is 1. The highest BCUT2D eigenvalue weighted by Gasteiger charge is 2.28. The van der Waals surface area contributed by atoms with Crippen LogP contribution < -0.4 is 16.6 Å². The van der Waals surface area contributed by atoms with Gasteiger partial charge in [-0.2, -0.15) is 0 Å². The zero-order chi connectivity index (χ0) is 22.7. The molecular weight excluding hydrogens is 416 g/mol. The van der Waals surface area contributed by atoms with E-state index in [0.29, 0.717) is 12.8 Å². The fraction of sp³-hybridized carbons (Fsp3) is 0.400. The molecule has 3 rings (SSSR count). The lowest BCUT2D eigenvalue weighted by molar-refractivity contribution is -0.135. The third-order valence-corrected chi connectivity index (χ3v) is 5.24. The van der Waals surface area contributed by atoms with Gasteiger partial charge in [0.25, 0.3) is 11.5 Å². The number of aromatic hydroxyl groups is 1. The summed E-state index contributed by atoms with van der Waals surface area (Å²) in [6, 6.07) is 2.38. The summed E-state index contributed by atoms with van der Waals surface area (Å²) in [4.78, 5) is 49.3. The van der Waals surface area contributed by atoms with Crippen LogP contribution in [0, 0.1) is 11.6 Å². The molecule has 3 N–H and O–H groups in total. The normalized spacial score (nSPS) is 14.4. The highest BCUT2D eigenvalue weighted by atomic mass is 19.2. The predicted molar refractivity (Wildman–Crippen MR) is 104 cm³/mol. The molecule has 0 atom stereocenters. The number of carboxylic acid groups (broad SMARTS) is 1. The zero-order valence-corrected chi connectivity index (χ0v) is 16.4. The quantitative estimate of drug-likeness (QED) is 0.626. The van der Waals surface area contributed by atoms with Crippen molar-refractivity contribution in [2.24, 2.45) is 0 Å². The van der Waals surface area contributed by atoms with Gasteiger partial charge in [0, 0.05) is 6.04 Å². The van der Waals surface area contributed by atoms with Crippen molar-refractivity contribution >= 4 is 11.9 Å². The van der Waals surface area contributed by atoms with Crippen molar-refractivity contribution in [2.45, 2.75) is 44.7 Å². The van der Waals surface area contributed by atoms with E-state index in [0.717, 1.165) is 40.5 Å². The largest absolute Gasteiger partial charge is 0.494 e. The smallest absolute Gasteiger partial charge is 0.334 e. The van der Waals surface area contributed by atoms with E-state index in [4.69, 9.17) is 5.11 Å². The van der Waals surface area contributed by atoms with Crippen LogP contribution in [-0.2, 0) is 11.3 Å². The number of aromatic nitrogens is 2. The van der Waals surface area contributed by atoms with Gasteiger partial charge in [-0.1, -0.05) is 25.3 Å². The number of hydrogen-bond donors (Lipinski definition) is 3. The topological polar surface area (TPSA) is 131 Å². The van der Waals surface area contributed by atoms with E-state index in [2.05, 4.69) is 0 Å². The lowest BCUT2D eigenvalue weighted by Gasteiger charge is -2.25. The van der Waals surface area contributed by atoms with E-state index in [9.17, 15) is 33.1 Å². The van der Waals surface area contributed by atoms with Crippen molar-refractivity contribution < 1.29 is 28.6 Å². The lowest BCUT2D eigenvalue weighted by atomic mass is 9.95. The fourth-order valence-electron chi connectivity index (χ4n) is 3.73. The van der Waals surface area contributed by atoms with Gasteiger partial charge < -0.3 is 15.5 Å². The van der Waals surface area contributed by atoms with E-state index in [1.54, 1.807) is 0 Å². The number of benzene rings is 1. The first kappa shape index (κ1) is 22.2. The maximum absolute atomic E-state index is 13.6. The highest BCUT2D eigenvalue weighted by molar-refractivity contribution is 5.97. The Morgan fingerprint density at radius 3 is 2.39 bits per heavy atom. The van der Waals surface area contributed by atoms with Crippen molar-refractivity contribution in [1.82, 2.24) is 14.5 Å². The van der Waals surface area contributed by atoms with Crippen molar-refractivity contribution in [1.29, 1.82) is 0 Å². The van der Waals surface area contributed by atoms with E-state index in [-0.39, 0.29) is 5.56 Å².